The Morgan fingerprint density at radius 1 is 0.846 bits per heavy atom. The second-order valence-corrected chi connectivity index (χ2v) is 7.55. The van der Waals surface area contributed by atoms with Crippen LogP contribution in [0.25, 0.3) is 0 Å². The Morgan fingerprint density at radius 2 is 1.50 bits per heavy atom. The number of thioether (sulfide) groups is 2. The maximum atomic E-state index is 13.5. The average molecular weight is 380 g/mol. The molecule has 3 aromatic carbocycles. The van der Waals surface area contributed by atoms with Gasteiger partial charge in [-0.1, -0.05) is 66.0 Å². The van der Waals surface area contributed by atoms with Crippen LogP contribution in [0.5, 0.6) is 0 Å². The van der Waals surface area contributed by atoms with Crippen molar-refractivity contribution in [1.82, 2.24) is 0 Å². The molecular formula is C22H18FNS2. The van der Waals surface area contributed by atoms with E-state index in [9.17, 15) is 4.39 Å². The molecule has 0 aliphatic rings. The number of hydrogen-bond acceptors (Lipinski definition) is 3. The summed E-state index contributed by atoms with van der Waals surface area (Å²) in [6.07, 6.45) is 0. The van der Waals surface area contributed by atoms with Gasteiger partial charge in [0.15, 0.2) is 0 Å². The van der Waals surface area contributed by atoms with Crippen molar-refractivity contribution in [2.75, 3.05) is 0 Å². The molecule has 26 heavy (non-hydrogen) atoms. The lowest BCUT2D eigenvalue weighted by Gasteiger charge is -2.08. The SMILES string of the molecule is CC(=CSc1ccccc1)C(=Nc1cccc(F)c1)Sc1ccccc1. The van der Waals surface area contributed by atoms with Gasteiger partial charge >= 0.3 is 0 Å². The van der Waals surface area contributed by atoms with E-state index in [1.54, 1.807) is 29.6 Å². The van der Waals surface area contributed by atoms with Crippen molar-refractivity contribution in [1.29, 1.82) is 0 Å². The highest BCUT2D eigenvalue weighted by Crippen LogP contribution is 2.29. The molecule has 0 N–H and O–H groups in total. The van der Waals surface area contributed by atoms with E-state index in [1.807, 2.05) is 61.5 Å². The number of nitrogens with zero attached hydrogens (tertiary/aromatic N) is 1. The van der Waals surface area contributed by atoms with E-state index in [-0.39, 0.29) is 5.82 Å². The number of rotatable bonds is 5. The standard InChI is InChI=1S/C22H18FNS2/c1-17(16-25-20-11-4-2-5-12-20)22(26-21-13-6-3-7-14-21)24-19-10-8-9-18(23)15-19/h2-16H,1H3. The zero-order valence-electron chi connectivity index (χ0n) is 14.3. The van der Waals surface area contributed by atoms with Crippen LogP contribution in [0.3, 0.4) is 0 Å². The van der Waals surface area contributed by atoms with Gasteiger partial charge in [0.25, 0.3) is 0 Å². The lowest BCUT2D eigenvalue weighted by Crippen LogP contribution is -1.94. The van der Waals surface area contributed by atoms with Gasteiger partial charge in [-0.15, -0.1) is 0 Å². The van der Waals surface area contributed by atoms with Crippen molar-refractivity contribution >= 4 is 34.3 Å². The van der Waals surface area contributed by atoms with E-state index < -0.39 is 0 Å². The third-order valence-corrected chi connectivity index (χ3v) is 5.58. The molecule has 0 aliphatic heterocycles. The molecule has 0 unspecified atom stereocenters. The Balaban J connectivity index is 1.88. The second kappa shape index (κ2) is 9.41. The van der Waals surface area contributed by atoms with Crippen LogP contribution in [0, 0.1) is 5.82 Å². The van der Waals surface area contributed by atoms with E-state index >= 15 is 0 Å². The molecule has 130 valence electrons. The van der Waals surface area contributed by atoms with Crippen LogP contribution < -0.4 is 0 Å². The van der Waals surface area contributed by atoms with Gasteiger partial charge in [-0.25, -0.2) is 9.38 Å². The molecule has 0 aliphatic carbocycles. The molecular weight excluding hydrogens is 361 g/mol. The van der Waals surface area contributed by atoms with Gasteiger partial charge in [-0.3, -0.25) is 0 Å². The Morgan fingerprint density at radius 3 is 2.15 bits per heavy atom. The van der Waals surface area contributed by atoms with E-state index in [1.165, 1.54) is 17.0 Å². The Bertz CT molecular complexity index is 906. The summed E-state index contributed by atoms with van der Waals surface area (Å²) in [6.45, 7) is 2.03. The Labute approximate surface area is 162 Å². The highest BCUT2D eigenvalue weighted by molar-refractivity contribution is 8.14. The molecule has 0 radical (unpaired) electrons. The molecule has 0 saturated carbocycles. The second-order valence-electron chi connectivity index (χ2n) is 5.54. The van der Waals surface area contributed by atoms with Crippen molar-refractivity contribution in [2.45, 2.75) is 16.7 Å². The molecule has 1 nitrogen and oxygen atoms in total. The molecule has 0 atom stereocenters. The Kier molecular flexibility index (Phi) is 6.69. The van der Waals surface area contributed by atoms with Gasteiger partial charge < -0.3 is 0 Å². The number of halogens is 1. The fourth-order valence-corrected chi connectivity index (χ4v) is 3.86. The minimum absolute atomic E-state index is 0.282. The van der Waals surface area contributed by atoms with Crippen LogP contribution in [0.1, 0.15) is 6.92 Å². The molecule has 0 amide bonds. The minimum atomic E-state index is -0.282. The zero-order valence-corrected chi connectivity index (χ0v) is 15.9. The van der Waals surface area contributed by atoms with Crippen LogP contribution in [-0.2, 0) is 0 Å². The van der Waals surface area contributed by atoms with Gasteiger partial charge in [-0.05, 0) is 60.4 Å². The van der Waals surface area contributed by atoms with Crippen molar-refractivity contribution in [3.63, 3.8) is 0 Å². The van der Waals surface area contributed by atoms with E-state index in [0.717, 1.165) is 15.5 Å². The molecule has 0 spiro atoms. The third kappa shape index (κ3) is 5.61. The number of hydrogen-bond donors (Lipinski definition) is 0. The van der Waals surface area contributed by atoms with Crippen molar-refractivity contribution in [3.8, 4) is 0 Å². The monoisotopic (exact) mass is 379 g/mol. The van der Waals surface area contributed by atoms with Gasteiger partial charge in [0.1, 0.15) is 10.9 Å². The van der Waals surface area contributed by atoms with E-state index in [4.69, 9.17) is 0 Å². The van der Waals surface area contributed by atoms with Crippen LogP contribution in [0.2, 0.25) is 0 Å². The summed E-state index contributed by atoms with van der Waals surface area (Å²) in [5, 5.41) is 2.94. The summed E-state index contributed by atoms with van der Waals surface area (Å²) >= 11 is 3.23. The first-order valence-electron chi connectivity index (χ1n) is 8.17. The largest absolute Gasteiger partial charge is 0.241 e. The molecule has 0 saturated heterocycles. The zero-order chi connectivity index (χ0) is 18.2. The number of aliphatic imine (C=N–C) groups is 1. The predicted molar refractivity (Wildman–Crippen MR) is 112 cm³/mol. The summed E-state index contributed by atoms with van der Waals surface area (Å²) in [4.78, 5) is 6.95. The van der Waals surface area contributed by atoms with Crippen molar-refractivity contribution in [3.05, 3.63) is 102 Å². The summed E-state index contributed by atoms with van der Waals surface area (Å²) in [5.74, 6) is -0.282. The van der Waals surface area contributed by atoms with Crippen LogP contribution in [0.4, 0.5) is 10.1 Å². The lowest BCUT2D eigenvalue weighted by atomic mass is 10.3. The maximum Gasteiger partial charge on any atom is 0.125 e. The lowest BCUT2D eigenvalue weighted by molar-refractivity contribution is 0.628. The highest BCUT2D eigenvalue weighted by Gasteiger charge is 2.07. The van der Waals surface area contributed by atoms with Gasteiger partial charge in [0.05, 0.1) is 5.69 Å². The topological polar surface area (TPSA) is 12.4 Å². The van der Waals surface area contributed by atoms with Crippen LogP contribution >= 0.6 is 23.5 Å². The minimum Gasteiger partial charge on any atom is -0.241 e. The fourth-order valence-electron chi connectivity index (χ4n) is 2.16. The third-order valence-electron chi connectivity index (χ3n) is 3.45. The van der Waals surface area contributed by atoms with Crippen molar-refractivity contribution < 1.29 is 4.39 Å². The first-order chi connectivity index (χ1) is 12.7. The van der Waals surface area contributed by atoms with Gasteiger partial charge in [0, 0.05) is 9.79 Å². The summed E-state index contributed by atoms with van der Waals surface area (Å²) in [7, 11) is 0. The fraction of sp³-hybridized carbons (Fsp3) is 0.0455. The first kappa shape index (κ1) is 18.5. The molecule has 0 fully saturated rings. The van der Waals surface area contributed by atoms with Crippen LogP contribution in [-0.4, -0.2) is 5.04 Å². The highest BCUT2D eigenvalue weighted by atomic mass is 32.2. The van der Waals surface area contributed by atoms with Crippen LogP contribution in [0.15, 0.2) is 111 Å². The first-order valence-corrected chi connectivity index (χ1v) is 9.86. The maximum absolute atomic E-state index is 13.5. The molecule has 3 aromatic rings. The summed E-state index contributed by atoms with van der Waals surface area (Å²) in [6, 6.07) is 26.6. The van der Waals surface area contributed by atoms with E-state index in [2.05, 4.69) is 22.5 Å². The van der Waals surface area contributed by atoms with Gasteiger partial charge in [-0.2, -0.15) is 0 Å². The van der Waals surface area contributed by atoms with Gasteiger partial charge in [0.2, 0.25) is 0 Å². The quantitative estimate of drug-likeness (QED) is 0.261. The smallest absolute Gasteiger partial charge is 0.125 e. The number of benzene rings is 3. The normalized spacial score (nSPS) is 12.2. The Hall–Kier alpha value is -2.30. The van der Waals surface area contributed by atoms with E-state index in [0.29, 0.717) is 5.69 Å². The molecule has 3 rings (SSSR count). The molecule has 0 aromatic heterocycles. The molecule has 4 heteroatoms. The van der Waals surface area contributed by atoms with Crippen molar-refractivity contribution in [2.24, 2.45) is 4.99 Å². The predicted octanol–water partition coefficient (Wildman–Crippen LogP) is 7.34. The summed E-state index contributed by atoms with van der Waals surface area (Å²) < 4.78 is 13.5. The molecule has 0 heterocycles. The average Bonchev–Trinajstić information content (AvgIpc) is 2.67. The summed E-state index contributed by atoms with van der Waals surface area (Å²) in [5.41, 5.74) is 1.65. The molecule has 0 bridgehead atoms.